The van der Waals surface area contributed by atoms with Gasteiger partial charge in [-0.3, -0.25) is 4.79 Å². The van der Waals surface area contributed by atoms with Crippen molar-refractivity contribution in [2.75, 3.05) is 5.32 Å². The zero-order chi connectivity index (χ0) is 19.3. The Kier molecular flexibility index (Phi) is 6.20. The smallest absolute Gasteiger partial charge is 0.335 e. The van der Waals surface area contributed by atoms with E-state index in [4.69, 9.17) is 12.2 Å². The SMILES string of the molecule is Cc1ccc(NC(=S)NC(NC(=O)c2ccc(C)cc2)C(F)(F)F)cc1. The molecule has 138 valence electrons. The number of carbonyl (C=O) groups is 1. The summed E-state index contributed by atoms with van der Waals surface area (Å²) in [7, 11) is 0. The minimum Gasteiger partial charge on any atom is -0.335 e. The number of hydrogen-bond acceptors (Lipinski definition) is 2. The van der Waals surface area contributed by atoms with Gasteiger partial charge in [0.15, 0.2) is 11.3 Å². The van der Waals surface area contributed by atoms with Crippen molar-refractivity contribution in [2.24, 2.45) is 0 Å². The van der Waals surface area contributed by atoms with Gasteiger partial charge in [0, 0.05) is 11.3 Å². The van der Waals surface area contributed by atoms with Crippen molar-refractivity contribution < 1.29 is 18.0 Å². The summed E-state index contributed by atoms with van der Waals surface area (Å²) in [5.74, 6) is -0.849. The summed E-state index contributed by atoms with van der Waals surface area (Å²) in [6.45, 7) is 3.71. The fraction of sp³-hybridized carbons (Fsp3) is 0.222. The summed E-state index contributed by atoms with van der Waals surface area (Å²) >= 11 is 4.93. The number of carbonyl (C=O) groups excluding carboxylic acids is 1. The summed E-state index contributed by atoms with van der Waals surface area (Å²) in [5.41, 5.74) is 2.58. The van der Waals surface area contributed by atoms with Crippen LogP contribution in [-0.4, -0.2) is 23.4 Å². The Morgan fingerprint density at radius 1 is 0.923 bits per heavy atom. The third-order valence-corrected chi connectivity index (χ3v) is 3.72. The number of aryl methyl sites for hydroxylation is 2. The normalized spacial score (nSPS) is 12.2. The molecule has 0 bridgehead atoms. The zero-order valence-electron chi connectivity index (χ0n) is 14.1. The number of rotatable bonds is 4. The van der Waals surface area contributed by atoms with E-state index < -0.39 is 18.2 Å². The number of benzene rings is 2. The number of amides is 1. The molecule has 1 unspecified atom stereocenters. The van der Waals surface area contributed by atoms with Crippen molar-refractivity contribution >= 4 is 28.9 Å². The number of thiocarbonyl (C=S) groups is 1. The highest BCUT2D eigenvalue weighted by Crippen LogP contribution is 2.19. The third-order valence-electron chi connectivity index (χ3n) is 3.50. The topological polar surface area (TPSA) is 53.2 Å². The Labute approximate surface area is 154 Å². The first-order valence-electron chi connectivity index (χ1n) is 7.73. The second kappa shape index (κ2) is 8.18. The van der Waals surface area contributed by atoms with E-state index in [9.17, 15) is 18.0 Å². The highest BCUT2D eigenvalue weighted by molar-refractivity contribution is 7.80. The number of nitrogens with one attached hydrogen (secondary N) is 3. The van der Waals surface area contributed by atoms with Gasteiger partial charge in [0.2, 0.25) is 0 Å². The monoisotopic (exact) mass is 381 g/mol. The quantitative estimate of drug-likeness (QED) is 0.555. The molecule has 1 amide bonds. The molecule has 0 aliphatic heterocycles. The highest BCUT2D eigenvalue weighted by atomic mass is 32.1. The van der Waals surface area contributed by atoms with E-state index in [-0.39, 0.29) is 10.7 Å². The molecule has 8 heteroatoms. The van der Waals surface area contributed by atoms with Crippen LogP contribution in [-0.2, 0) is 0 Å². The van der Waals surface area contributed by atoms with Crippen LogP contribution in [0, 0.1) is 13.8 Å². The fourth-order valence-corrected chi connectivity index (χ4v) is 2.29. The van der Waals surface area contributed by atoms with Crippen molar-refractivity contribution in [3.05, 3.63) is 65.2 Å². The largest absolute Gasteiger partial charge is 0.427 e. The molecule has 0 spiro atoms. The minimum atomic E-state index is -4.72. The maximum absolute atomic E-state index is 13.2. The van der Waals surface area contributed by atoms with Gasteiger partial charge in [-0.1, -0.05) is 35.4 Å². The standard InChI is InChI=1S/C18H18F3N3OS/c1-11-3-7-13(8-4-11)15(25)23-16(18(19,20)21)24-17(26)22-14-9-5-12(2)6-10-14/h3-10,16H,1-2H3,(H,23,25)(H2,22,24,26). The minimum absolute atomic E-state index is 0.129. The first-order valence-corrected chi connectivity index (χ1v) is 8.14. The molecule has 0 saturated heterocycles. The highest BCUT2D eigenvalue weighted by Gasteiger charge is 2.41. The molecule has 0 radical (unpaired) electrons. The maximum Gasteiger partial charge on any atom is 0.427 e. The van der Waals surface area contributed by atoms with Gasteiger partial charge in [0.1, 0.15) is 0 Å². The molecule has 26 heavy (non-hydrogen) atoms. The maximum atomic E-state index is 13.2. The Balaban J connectivity index is 2.04. The molecular weight excluding hydrogens is 363 g/mol. The molecular formula is C18H18F3N3OS. The molecule has 0 aliphatic carbocycles. The van der Waals surface area contributed by atoms with Crippen LogP contribution in [0.4, 0.5) is 18.9 Å². The summed E-state index contributed by atoms with van der Waals surface area (Å²) in [4.78, 5) is 12.1. The van der Waals surface area contributed by atoms with E-state index in [1.807, 2.05) is 19.2 Å². The summed E-state index contributed by atoms with van der Waals surface area (Å²) in [6, 6.07) is 13.2. The van der Waals surface area contributed by atoms with Gasteiger partial charge in [-0.25, -0.2) is 0 Å². The molecule has 2 aromatic carbocycles. The first kappa shape index (κ1) is 19.7. The molecule has 0 saturated carbocycles. The summed E-state index contributed by atoms with van der Waals surface area (Å²) < 4.78 is 39.7. The average Bonchev–Trinajstić information content (AvgIpc) is 2.56. The molecule has 3 N–H and O–H groups in total. The lowest BCUT2D eigenvalue weighted by Gasteiger charge is -2.24. The predicted molar refractivity (Wildman–Crippen MR) is 99.0 cm³/mol. The van der Waals surface area contributed by atoms with Crippen LogP contribution >= 0.6 is 12.2 Å². The number of alkyl halides is 3. The Bertz CT molecular complexity index is 774. The summed E-state index contributed by atoms with van der Waals surface area (Å²) in [6.07, 6.45) is -7.04. The molecule has 0 fully saturated rings. The Hall–Kier alpha value is -2.61. The van der Waals surface area contributed by atoms with E-state index in [0.29, 0.717) is 5.69 Å². The van der Waals surface area contributed by atoms with Crippen molar-refractivity contribution in [2.45, 2.75) is 26.2 Å². The van der Waals surface area contributed by atoms with Crippen molar-refractivity contribution in [1.82, 2.24) is 10.6 Å². The van der Waals surface area contributed by atoms with E-state index in [1.165, 1.54) is 12.1 Å². The third kappa shape index (κ3) is 5.73. The molecule has 0 aromatic heterocycles. The zero-order valence-corrected chi connectivity index (χ0v) is 15.0. The lowest BCUT2D eigenvalue weighted by molar-refractivity contribution is -0.156. The number of hydrogen-bond donors (Lipinski definition) is 3. The van der Waals surface area contributed by atoms with Crippen molar-refractivity contribution in [3.8, 4) is 0 Å². The molecule has 4 nitrogen and oxygen atoms in total. The fourth-order valence-electron chi connectivity index (χ4n) is 2.05. The van der Waals surface area contributed by atoms with E-state index >= 15 is 0 Å². The second-order valence-electron chi connectivity index (χ2n) is 5.78. The van der Waals surface area contributed by atoms with Crippen LogP contribution in [0.25, 0.3) is 0 Å². The Morgan fingerprint density at radius 2 is 1.42 bits per heavy atom. The van der Waals surface area contributed by atoms with Crippen LogP contribution in [0.1, 0.15) is 21.5 Å². The van der Waals surface area contributed by atoms with E-state index in [0.717, 1.165) is 11.1 Å². The lowest BCUT2D eigenvalue weighted by atomic mass is 10.1. The molecule has 0 aliphatic rings. The Morgan fingerprint density at radius 3 is 1.92 bits per heavy atom. The van der Waals surface area contributed by atoms with Crippen molar-refractivity contribution in [3.63, 3.8) is 0 Å². The van der Waals surface area contributed by atoms with Gasteiger partial charge in [0.25, 0.3) is 5.91 Å². The number of halogens is 3. The van der Waals surface area contributed by atoms with E-state index in [2.05, 4.69) is 10.6 Å². The van der Waals surface area contributed by atoms with Gasteiger partial charge < -0.3 is 16.0 Å². The average molecular weight is 381 g/mol. The second-order valence-corrected chi connectivity index (χ2v) is 6.19. The van der Waals surface area contributed by atoms with Crippen LogP contribution in [0.15, 0.2) is 48.5 Å². The van der Waals surface area contributed by atoms with Gasteiger partial charge >= 0.3 is 6.18 Å². The van der Waals surface area contributed by atoms with Crippen molar-refractivity contribution in [1.29, 1.82) is 0 Å². The molecule has 2 aromatic rings. The number of anilines is 1. The predicted octanol–water partition coefficient (Wildman–Crippen LogP) is 3.91. The summed E-state index contributed by atoms with van der Waals surface area (Å²) in [5, 5.41) is 6.42. The van der Waals surface area contributed by atoms with E-state index in [1.54, 1.807) is 36.4 Å². The molecule has 2 rings (SSSR count). The van der Waals surface area contributed by atoms with Crippen LogP contribution in [0.5, 0.6) is 0 Å². The molecule has 0 heterocycles. The van der Waals surface area contributed by atoms with Gasteiger partial charge in [-0.15, -0.1) is 0 Å². The van der Waals surface area contributed by atoms with Gasteiger partial charge in [-0.05, 0) is 50.3 Å². The first-order chi connectivity index (χ1) is 12.1. The van der Waals surface area contributed by atoms with Gasteiger partial charge in [-0.2, -0.15) is 13.2 Å². The van der Waals surface area contributed by atoms with Crippen LogP contribution in [0.3, 0.4) is 0 Å². The lowest BCUT2D eigenvalue weighted by Crippen LogP contribution is -2.57. The molecule has 1 atom stereocenters. The van der Waals surface area contributed by atoms with Gasteiger partial charge in [0.05, 0.1) is 0 Å². The van der Waals surface area contributed by atoms with Crippen LogP contribution < -0.4 is 16.0 Å². The van der Waals surface area contributed by atoms with Crippen LogP contribution in [0.2, 0.25) is 0 Å².